The molecule has 2 heterocycles. The van der Waals surface area contributed by atoms with Crippen molar-refractivity contribution in [2.75, 3.05) is 11.5 Å². The van der Waals surface area contributed by atoms with Gasteiger partial charge in [0.15, 0.2) is 0 Å². The average Bonchev–Trinajstić information content (AvgIpc) is 3.21. The summed E-state index contributed by atoms with van der Waals surface area (Å²) in [6, 6.07) is 17.3. The zero-order valence-electron chi connectivity index (χ0n) is 34.3. The number of hydrogen-bond acceptors (Lipinski definition) is 11. The van der Waals surface area contributed by atoms with Crippen LogP contribution in [0.1, 0.15) is 50.2 Å². The summed E-state index contributed by atoms with van der Waals surface area (Å²) in [4.78, 5) is 33.8. The lowest BCUT2D eigenvalue weighted by atomic mass is 9.90. The van der Waals surface area contributed by atoms with E-state index in [0.717, 1.165) is 0 Å². The number of rotatable bonds is 25. The minimum Gasteiger partial charge on any atom is -0.480 e. The standard InChI is InChI=1S/C42H54F2N6O9S2/c1-29(2)37(40(52)53)49(60(56,57)25-21-33-19-11-13-23-45-33)47-35(27-31-15-7-5-8-16-31)39(51)42(43,44)36(28-32-17-9-6-10-18-32)48-50(38(30(3)4)41(54)55)61(58,59)26-22-34-20-12-14-24-46-34/h5-20,23-24,29-30,35-39,47-48,51H,21-22,25-28H2,1-4H3,(H,52,53)(H,54,55)/t35-,36-,37-,38-,39+/m0/s1. The number of aliphatic hydroxyl groups is 1. The Labute approximate surface area is 355 Å². The second-order valence-corrected chi connectivity index (χ2v) is 19.3. The van der Waals surface area contributed by atoms with Crippen molar-refractivity contribution in [1.82, 2.24) is 29.6 Å². The molecule has 332 valence electrons. The number of alkyl halides is 2. The minimum absolute atomic E-state index is 0.165. The highest BCUT2D eigenvalue weighted by Gasteiger charge is 2.53. The number of nitrogens with one attached hydrogen (secondary N) is 2. The molecule has 0 radical (unpaired) electrons. The van der Waals surface area contributed by atoms with E-state index in [1.54, 1.807) is 84.9 Å². The van der Waals surface area contributed by atoms with E-state index in [9.17, 15) is 41.7 Å². The molecular formula is C42H54F2N6O9S2. The monoisotopic (exact) mass is 888 g/mol. The lowest BCUT2D eigenvalue weighted by molar-refractivity contribution is -0.162. The van der Waals surface area contributed by atoms with E-state index in [-0.39, 0.29) is 18.4 Å². The molecule has 0 aliphatic heterocycles. The molecule has 61 heavy (non-hydrogen) atoms. The van der Waals surface area contributed by atoms with E-state index in [1.165, 1.54) is 52.2 Å². The summed E-state index contributed by atoms with van der Waals surface area (Å²) in [5, 5.41) is 32.7. The molecule has 0 bridgehead atoms. The SMILES string of the molecule is CC(C)[C@@H](C(=O)O)N(N[C@@H](Cc1ccccc1)[C@@H](O)C(F)(F)[C@H](Cc1ccccc1)NN([C@H](C(=O)O)C(C)C)S(=O)(=O)CCc1ccccn1)S(=O)(=O)CCc1ccccn1. The molecule has 19 heteroatoms. The number of sulfonamides is 2. The summed E-state index contributed by atoms with van der Waals surface area (Å²) < 4.78 is 92.6. The van der Waals surface area contributed by atoms with Crippen molar-refractivity contribution in [3.05, 3.63) is 132 Å². The third kappa shape index (κ3) is 13.6. The first-order chi connectivity index (χ1) is 28.7. The second-order valence-electron chi connectivity index (χ2n) is 15.3. The van der Waals surface area contributed by atoms with Crippen LogP contribution in [-0.4, -0.2) is 111 Å². The lowest BCUT2D eigenvalue weighted by Gasteiger charge is -2.41. The number of carbonyl (C=O) groups is 2. The quantitative estimate of drug-likeness (QED) is 0.0596. The van der Waals surface area contributed by atoms with Crippen LogP contribution in [0.4, 0.5) is 8.78 Å². The van der Waals surface area contributed by atoms with Crippen molar-refractivity contribution in [1.29, 1.82) is 0 Å². The normalized spacial score (nSPS) is 15.1. The first kappa shape index (κ1) is 48.9. The Balaban J connectivity index is 1.85. The summed E-state index contributed by atoms with van der Waals surface area (Å²) in [6.07, 6.45) is -1.46. The van der Waals surface area contributed by atoms with Gasteiger partial charge in [-0.15, -0.1) is 8.83 Å². The van der Waals surface area contributed by atoms with Crippen LogP contribution >= 0.6 is 0 Å². The summed E-state index contributed by atoms with van der Waals surface area (Å²) >= 11 is 0. The Bertz CT molecular complexity index is 2210. The van der Waals surface area contributed by atoms with Gasteiger partial charge in [-0.05, 0) is 60.1 Å². The van der Waals surface area contributed by atoms with E-state index in [1.807, 2.05) is 0 Å². The van der Waals surface area contributed by atoms with Gasteiger partial charge in [0.05, 0.1) is 23.6 Å². The summed E-state index contributed by atoms with van der Waals surface area (Å²) in [7, 11) is -9.41. The van der Waals surface area contributed by atoms with E-state index < -0.39 is 104 Å². The maximum Gasteiger partial charge on any atom is 0.323 e. The number of aryl methyl sites for hydroxylation is 2. The number of aliphatic carboxylic acids is 2. The van der Waals surface area contributed by atoms with Gasteiger partial charge >= 0.3 is 11.9 Å². The molecule has 0 saturated heterocycles. The predicted molar refractivity (Wildman–Crippen MR) is 225 cm³/mol. The van der Waals surface area contributed by atoms with Gasteiger partial charge in [0, 0.05) is 36.6 Å². The van der Waals surface area contributed by atoms with E-state index in [0.29, 0.717) is 25.8 Å². The molecule has 4 aromatic rings. The molecular weight excluding hydrogens is 835 g/mol. The maximum atomic E-state index is 17.6. The van der Waals surface area contributed by atoms with Crippen molar-refractivity contribution >= 4 is 32.0 Å². The fourth-order valence-electron chi connectivity index (χ4n) is 6.74. The van der Waals surface area contributed by atoms with Crippen LogP contribution < -0.4 is 10.9 Å². The van der Waals surface area contributed by atoms with Crippen molar-refractivity contribution < 1.29 is 50.5 Å². The second kappa shape index (κ2) is 21.9. The van der Waals surface area contributed by atoms with Crippen LogP contribution in [-0.2, 0) is 55.3 Å². The number of hydrogen-bond donors (Lipinski definition) is 5. The number of carboxylic acid groups (broad SMARTS) is 2. The van der Waals surface area contributed by atoms with Gasteiger partial charge < -0.3 is 15.3 Å². The van der Waals surface area contributed by atoms with Gasteiger partial charge in [0.25, 0.3) is 5.92 Å². The van der Waals surface area contributed by atoms with Crippen molar-refractivity contribution in [3.63, 3.8) is 0 Å². The predicted octanol–water partition coefficient (Wildman–Crippen LogP) is 3.97. The maximum absolute atomic E-state index is 17.6. The van der Waals surface area contributed by atoms with Crippen LogP contribution in [0.2, 0.25) is 0 Å². The van der Waals surface area contributed by atoms with Crippen molar-refractivity contribution in [3.8, 4) is 0 Å². The number of aliphatic hydroxyl groups excluding tert-OH is 1. The molecule has 0 spiro atoms. The molecule has 4 rings (SSSR count). The highest BCUT2D eigenvalue weighted by Crippen LogP contribution is 2.32. The van der Waals surface area contributed by atoms with Gasteiger partial charge in [-0.25, -0.2) is 36.5 Å². The van der Waals surface area contributed by atoms with Gasteiger partial charge in [0.1, 0.15) is 18.2 Å². The van der Waals surface area contributed by atoms with Gasteiger partial charge in [-0.3, -0.25) is 19.6 Å². The number of halogens is 2. The Hall–Kier alpha value is -4.76. The zero-order valence-corrected chi connectivity index (χ0v) is 36.0. The van der Waals surface area contributed by atoms with Crippen LogP contribution in [0.5, 0.6) is 0 Å². The molecule has 0 saturated carbocycles. The van der Waals surface area contributed by atoms with E-state index in [2.05, 4.69) is 20.8 Å². The highest BCUT2D eigenvalue weighted by atomic mass is 32.2. The molecule has 2 aromatic carbocycles. The third-order valence-electron chi connectivity index (χ3n) is 9.96. The third-order valence-corrected chi connectivity index (χ3v) is 13.3. The Morgan fingerprint density at radius 3 is 1.41 bits per heavy atom. The van der Waals surface area contributed by atoms with Gasteiger partial charge in [0.2, 0.25) is 20.0 Å². The lowest BCUT2D eigenvalue weighted by Crippen LogP contribution is -2.68. The summed E-state index contributed by atoms with van der Waals surface area (Å²) in [6.45, 7) is 5.71. The van der Waals surface area contributed by atoms with Crippen LogP contribution in [0.15, 0.2) is 109 Å². The summed E-state index contributed by atoms with van der Waals surface area (Å²) in [5.74, 6) is -10.9. The average molecular weight is 889 g/mol. The molecule has 0 amide bonds. The van der Waals surface area contributed by atoms with E-state index >= 15 is 8.78 Å². The fourth-order valence-corrected chi connectivity index (χ4v) is 10.0. The van der Waals surface area contributed by atoms with E-state index in [4.69, 9.17) is 0 Å². The zero-order chi connectivity index (χ0) is 45.0. The highest BCUT2D eigenvalue weighted by molar-refractivity contribution is 7.89. The first-order valence-corrected chi connectivity index (χ1v) is 22.9. The molecule has 0 fully saturated rings. The topological polar surface area (TPSA) is 219 Å². The number of nitrogens with zero attached hydrogens (tertiary/aromatic N) is 4. The molecule has 5 atom stereocenters. The largest absolute Gasteiger partial charge is 0.480 e. The molecule has 0 aliphatic carbocycles. The van der Waals surface area contributed by atoms with Crippen LogP contribution in [0, 0.1) is 11.8 Å². The Kier molecular flexibility index (Phi) is 17.5. The van der Waals surface area contributed by atoms with Crippen LogP contribution in [0.3, 0.4) is 0 Å². The first-order valence-electron chi connectivity index (χ1n) is 19.7. The fraction of sp³-hybridized carbons (Fsp3) is 0.429. The van der Waals surface area contributed by atoms with Crippen molar-refractivity contribution in [2.24, 2.45) is 11.8 Å². The molecule has 0 aliphatic rings. The Morgan fingerprint density at radius 2 is 1.03 bits per heavy atom. The summed E-state index contributed by atoms with van der Waals surface area (Å²) in [5.41, 5.74) is 6.16. The van der Waals surface area contributed by atoms with Crippen molar-refractivity contribution in [2.45, 2.75) is 89.6 Å². The Morgan fingerprint density at radius 1 is 0.639 bits per heavy atom. The molecule has 5 N–H and O–H groups in total. The number of pyridine rings is 2. The number of hydrazine groups is 2. The molecule has 0 unspecified atom stereocenters. The number of aromatic nitrogens is 2. The van der Waals surface area contributed by atoms with Gasteiger partial charge in [-0.1, -0.05) is 100 Å². The van der Waals surface area contributed by atoms with Gasteiger partial charge in [-0.2, -0.15) is 0 Å². The molecule has 15 nitrogen and oxygen atoms in total. The number of carboxylic acids is 2. The molecule has 2 aromatic heterocycles. The van der Waals surface area contributed by atoms with Crippen LogP contribution in [0.25, 0.3) is 0 Å². The number of benzene rings is 2. The minimum atomic E-state index is -4.74. The smallest absolute Gasteiger partial charge is 0.323 e.